The lowest BCUT2D eigenvalue weighted by atomic mass is 10.2. The van der Waals surface area contributed by atoms with Crippen molar-refractivity contribution in [3.05, 3.63) is 58.7 Å². The number of unbranched alkanes of at least 4 members (excludes halogenated alkanes) is 1. The van der Waals surface area contributed by atoms with Gasteiger partial charge >= 0.3 is 0 Å². The average Bonchev–Trinajstić information content (AvgIpc) is 2.49. The van der Waals surface area contributed by atoms with Gasteiger partial charge in [0, 0.05) is 23.8 Å². The van der Waals surface area contributed by atoms with E-state index in [0.29, 0.717) is 0 Å². The van der Waals surface area contributed by atoms with Crippen LogP contribution in [-0.2, 0) is 6.54 Å². The molecule has 2 N–H and O–H groups in total. The Balaban J connectivity index is 2.07. The van der Waals surface area contributed by atoms with Crippen molar-refractivity contribution < 1.29 is 0 Å². The molecule has 3 nitrogen and oxygen atoms in total. The van der Waals surface area contributed by atoms with Crippen molar-refractivity contribution in [3.63, 3.8) is 0 Å². The number of nitrogens with zero attached hydrogens (tertiary/aromatic N) is 2. The summed E-state index contributed by atoms with van der Waals surface area (Å²) < 4.78 is 1.11. The largest absolute Gasteiger partial charge is 0.352 e. The second-order valence-electron chi connectivity index (χ2n) is 4.73. The number of hydrogen-bond acceptors (Lipinski definition) is 3. The Morgan fingerprint density at radius 2 is 1.85 bits per heavy atom. The van der Waals surface area contributed by atoms with E-state index in [1.807, 2.05) is 18.3 Å². The van der Waals surface area contributed by atoms with E-state index in [-0.39, 0.29) is 0 Å². The summed E-state index contributed by atoms with van der Waals surface area (Å²) in [7, 11) is 0. The first-order valence-electron chi connectivity index (χ1n) is 6.90. The number of pyridine rings is 1. The molecule has 20 heavy (non-hydrogen) atoms. The topological polar surface area (TPSA) is 42.1 Å². The zero-order chi connectivity index (χ0) is 14.2. The SMILES string of the molecule is NCCCCN(Cc1ccc(Br)cc1)c1ccccn1. The van der Waals surface area contributed by atoms with Crippen molar-refractivity contribution in [1.29, 1.82) is 0 Å². The highest BCUT2D eigenvalue weighted by atomic mass is 79.9. The first kappa shape index (κ1) is 15.0. The molecule has 0 saturated carbocycles. The fourth-order valence-corrected chi connectivity index (χ4v) is 2.34. The van der Waals surface area contributed by atoms with Gasteiger partial charge in [-0.05, 0) is 49.2 Å². The zero-order valence-electron chi connectivity index (χ0n) is 11.5. The maximum Gasteiger partial charge on any atom is 0.128 e. The molecule has 1 aromatic carbocycles. The summed E-state index contributed by atoms with van der Waals surface area (Å²) in [6.45, 7) is 2.59. The van der Waals surface area contributed by atoms with Crippen molar-refractivity contribution in [2.45, 2.75) is 19.4 Å². The van der Waals surface area contributed by atoms with E-state index in [1.165, 1.54) is 5.56 Å². The monoisotopic (exact) mass is 333 g/mol. The van der Waals surface area contributed by atoms with Gasteiger partial charge in [-0.25, -0.2) is 4.98 Å². The van der Waals surface area contributed by atoms with E-state index in [1.54, 1.807) is 0 Å². The molecule has 4 heteroatoms. The van der Waals surface area contributed by atoms with Crippen molar-refractivity contribution >= 4 is 21.7 Å². The molecule has 0 aliphatic carbocycles. The Labute approximate surface area is 129 Å². The molecule has 0 atom stereocenters. The first-order chi connectivity index (χ1) is 9.79. The van der Waals surface area contributed by atoms with Gasteiger partial charge in [-0.2, -0.15) is 0 Å². The summed E-state index contributed by atoms with van der Waals surface area (Å²) in [4.78, 5) is 6.76. The summed E-state index contributed by atoms with van der Waals surface area (Å²) in [5, 5.41) is 0. The maximum absolute atomic E-state index is 5.58. The summed E-state index contributed by atoms with van der Waals surface area (Å²) in [6, 6.07) is 14.5. The number of aromatic nitrogens is 1. The minimum atomic E-state index is 0.744. The molecule has 0 saturated heterocycles. The number of rotatable bonds is 7. The summed E-state index contributed by atoms with van der Waals surface area (Å²) in [5.41, 5.74) is 6.87. The lowest BCUT2D eigenvalue weighted by Crippen LogP contribution is -2.25. The quantitative estimate of drug-likeness (QED) is 0.787. The standard InChI is InChI=1S/C16H20BrN3/c17-15-8-6-14(7-9-15)13-20(12-4-2-10-18)16-5-1-3-11-19-16/h1,3,5-9,11H,2,4,10,12-13,18H2. The van der Waals surface area contributed by atoms with Gasteiger partial charge in [0.15, 0.2) is 0 Å². The third-order valence-electron chi connectivity index (χ3n) is 3.14. The third kappa shape index (κ3) is 4.62. The lowest BCUT2D eigenvalue weighted by molar-refractivity contribution is 0.685. The Kier molecular flexibility index (Phi) is 6.02. The average molecular weight is 334 g/mol. The van der Waals surface area contributed by atoms with Crippen LogP contribution in [0.25, 0.3) is 0 Å². The van der Waals surface area contributed by atoms with Crippen LogP contribution in [0.15, 0.2) is 53.1 Å². The fourth-order valence-electron chi connectivity index (χ4n) is 2.07. The van der Waals surface area contributed by atoms with Crippen LogP contribution in [0, 0.1) is 0 Å². The Hall–Kier alpha value is -1.39. The maximum atomic E-state index is 5.58. The minimum absolute atomic E-state index is 0.744. The second kappa shape index (κ2) is 8.02. The third-order valence-corrected chi connectivity index (χ3v) is 3.67. The molecule has 1 aromatic heterocycles. The highest BCUT2D eigenvalue weighted by Crippen LogP contribution is 2.17. The van der Waals surface area contributed by atoms with Gasteiger partial charge in [-0.3, -0.25) is 0 Å². The molecule has 0 bridgehead atoms. The molecule has 0 amide bonds. The number of hydrogen-bond donors (Lipinski definition) is 1. The van der Waals surface area contributed by atoms with Crippen LogP contribution in [0.1, 0.15) is 18.4 Å². The summed E-state index contributed by atoms with van der Waals surface area (Å²) in [5.74, 6) is 1.02. The van der Waals surface area contributed by atoms with Gasteiger partial charge in [0.2, 0.25) is 0 Å². The Bertz CT molecular complexity index is 499. The van der Waals surface area contributed by atoms with E-state index >= 15 is 0 Å². The van der Waals surface area contributed by atoms with Crippen LogP contribution in [0.3, 0.4) is 0 Å². The highest BCUT2D eigenvalue weighted by Gasteiger charge is 2.08. The van der Waals surface area contributed by atoms with Crippen molar-refractivity contribution in [3.8, 4) is 0 Å². The van der Waals surface area contributed by atoms with Gasteiger partial charge in [0.25, 0.3) is 0 Å². The van der Waals surface area contributed by atoms with Crippen LogP contribution in [-0.4, -0.2) is 18.1 Å². The van der Waals surface area contributed by atoms with Gasteiger partial charge in [-0.15, -0.1) is 0 Å². The molecular formula is C16H20BrN3. The van der Waals surface area contributed by atoms with E-state index < -0.39 is 0 Å². The fraction of sp³-hybridized carbons (Fsp3) is 0.312. The molecule has 0 spiro atoms. The Morgan fingerprint density at radius 3 is 2.50 bits per heavy atom. The first-order valence-corrected chi connectivity index (χ1v) is 7.69. The number of halogens is 1. The van der Waals surface area contributed by atoms with Crippen LogP contribution in [0.4, 0.5) is 5.82 Å². The van der Waals surface area contributed by atoms with Gasteiger partial charge < -0.3 is 10.6 Å². The van der Waals surface area contributed by atoms with E-state index in [9.17, 15) is 0 Å². The predicted octanol–water partition coefficient (Wildman–Crippen LogP) is 3.59. The summed E-state index contributed by atoms with van der Waals surface area (Å²) in [6.07, 6.45) is 3.97. The smallest absolute Gasteiger partial charge is 0.128 e. The Morgan fingerprint density at radius 1 is 1.05 bits per heavy atom. The number of anilines is 1. The van der Waals surface area contributed by atoms with Crippen molar-refractivity contribution in [1.82, 2.24) is 4.98 Å². The number of benzene rings is 1. The molecule has 0 aliphatic heterocycles. The molecule has 2 aromatic rings. The van der Waals surface area contributed by atoms with Gasteiger partial charge in [0.05, 0.1) is 0 Å². The summed E-state index contributed by atoms with van der Waals surface area (Å²) >= 11 is 3.47. The molecule has 106 valence electrons. The van der Waals surface area contributed by atoms with E-state index in [2.05, 4.69) is 56.1 Å². The number of nitrogens with two attached hydrogens (primary N) is 1. The van der Waals surface area contributed by atoms with Gasteiger partial charge in [0.1, 0.15) is 5.82 Å². The molecule has 2 rings (SSSR count). The molecule has 0 fully saturated rings. The minimum Gasteiger partial charge on any atom is -0.352 e. The van der Waals surface area contributed by atoms with E-state index in [4.69, 9.17) is 5.73 Å². The highest BCUT2D eigenvalue weighted by molar-refractivity contribution is 9.10. The normalized spacial score (nSPS) is 10.5. The van der Waals surface area contributed by atoms with Crippen LogP contribution in [0.5, 0.6) is 0 Å². The molecule has 1 heterocycles. The zero-order valence-corrected chi connectivity index (χ0v) is 13.1. The molecule has 0 radical (unpaired) electrons. The molecular weight excluding hydrogens is 314 g/mol. The van der Waals surface area contributed by atoms with E-state index in [0.717, 1.165) is 42.8 Å². The van der Waals surface area contributed by atoms with Crippen LogP contribution in [0.2, 0.25) is 0 Å². The van der Waals surface area contributed by atoms with Crippen molar-refractivity contribution in [2.24, 2.45) is 5.73 Å². The molecule has 0 unspecified atom stereocenters. The van der Waals surface area contributed by atoms with Crippen LogP contribution < -0.4 is 10.6 Å². The second-order valence-corrected chi connectivity index (χ2v) is 5.65. The molecule has 0 aliphatic rings. The predicted molar refractivity (Wildman–Crippen MR) is 87.7 cm³/mol. The van der Waals surface area contributed by atoms with Crippen molar-refractivity contribution in [2.75, 3.05) is 18.0 Å². The lowest BCUT2D eigenvalue weighted by Gasteiger charge is -2.23. The van der Waals surface area contributed by atoms with Crippen LogP contribution >= 0.6 is 15.9 Å². The van der Waals surface area contributed by atoms with Gasteiger partial charge in [-0.1, -0.05) is 34.1 Å².